The predicted octanol–water partition coefficient (Wildman–Crippen LogP) is 3.68. The number of nitrogens with zero attached hydrogens (tertiary/aromatic N) is 4. The van der Waals surface area contributed by atoms with Crippen LogP contribution in [0.1, 0.15) is 0 Å². The van der Waals surface area contributed by atoms with E-state index in [-0.39, 0.29) is 5.82 Å². The zero-order chi connectivity index (χ0) is 17.4. The van der Waals surface area contributed by atoms with Crippen molar-refractivity contribution in [3.8, 4) is 33.5 Å². The van der Waals surface area contributed by atoms with Crippen molar-refractivity contribution in [3.63, 3.8) is 0 Å². The molecule has 126 valence electrons. The third-order valence-electron chi connectivity index (χ3n) is 3.67. The highest BCUT2D eigenvalue weighted by Crippen LogP contribution is 2.31. The molecule has 0 aliphatic carbocycles. The van der Waals surface area contributed by atoms with Crippen LogP contribution < -0.4 is 9.47 Å². The van der Waals surface area contributed by atoms with Crippen LogP contribution in [0.4, 0.5) is 4.39 Å². The van der Waals surface area contributed by atoms with E-state index in [0.29, 0.717) is 32.9 Å². The molecule has 4 aromatic rings. The second-order valence-electron chi connectivity index (χ2n) is 5.24. The van der Waals surface area contributed by atoms with Crippen molar-refractivity contribution < 1.29 is 13.9 Å². The number of benzene rings is 2. The summed E-state index contributed by atoms with van der Waals surface area (Å²) in [6, 6.07) is 11.8. The van der Waals surface area contributed by atoms with Crippen LogP contribution in [0.15, 0.2) is 42.5 Å². The van der Waals surface area contributed by atoms with Crippen molar-refractivity contribution in [2.24, 2.45) is 0 Å². The topological polar surface area (TPSA) is 61.5 Å². The van der Waals surface area contributed by atoms with Gasteiger partial charge in [-0.25, -0.2) is 4.39 Å². The minimum atomic E-state index is -0.304. The van der Waals surface area contributed by atoms with Gasteiger partial charge in [0.1, 0.15) is 22.3 Å². The lowest BCUT2D eigenvalue weighted by atomic mass is 10.2. The van der Waals surface area contributed by atoms with Crippen molar-refractivity contribution in [1.82, 2.24) is 19.8 Å². The smallest absolute Gasteiger partial charge is 0.235 e. The minimum absolute atomic E-state index is 0.304. The van der Waals surface area contributed by atoms with Crippen LogP contribution in [0.2, 0.25) is 0 Å². The number of halogens is 1. The number of methoxy groups -OCH3 is 2. The van der Waals surface area contributed by atoms with Gasteiger partial charge < -0.3 is 9.47 Å². The van der Waals surface area contributed by atoms with Gasteiger partial charge in [0, 0.05) is 17.2 Å². The maximum Gasteiger partial charge on any atom is 0.235 e. The molecule has 0 bridgehead atoms. The fraction of sp³-hybridized carbons (Fsp3) is 0.118. The second-order valence-corrected chi connectivity index (χ2v) is 6.19. The highest BCUT2D eigenvalue weighted by Gasteiger charge is 2.16. The van der Waals surface area contributed by atoms with Gasteiger partial charge in [0.05, 0.1) is 14.2 Å². The van der Waals surface area contributed by atoms with Gasteiger partial charge in [0.2, 0.25) is 4.96 Å². The fourth-order valence-corrected chi connectivity index (χ4v) is 3.31. The molecule has 0 unspecified atom stereocenters. The van der Waals surface area contributed by atoms with Gasteiger partial charge in [-0.05, 0) is 24.3 Å². The Morgan fingerprint density at radius 1 is 0.960 bits per heavy atom. The largest absolute Gasteiger partial charge is 0.497 e. The molecule has 4 rings (SSSR count). The van der Waals surface area contributed by atoms with Gasteiger partial charge in [-0.2, -0.15) is 9.61 Å². The molecular formula is C17H13FN4O2S. The number of fused-ring (bicyclic) bond motifs is 1. The zero-order valence-electron chi connectivity index (χ0n) is 13.4. The molecule has 0 N–H and O–H groups in total. The minimum Gasteiger partial charge on any atom is -0.497 e. The average molecular weight is 356 g/mol. The Kier molecular flexibility index (Phi) is 3.81. The molecule has 0 aliphatic heterocycles. The number of hydrogen-bond acceptors (Lipinski definition) is 6. The van der Waals surface area contributed by atoms with Crippen molar-refractivity contribution in [3.05, 3.63) is 48.3 Å². The molecule has 0 spiro atoms. The predicted molar refractivity (Wildman–Crippen MR) is 92.6 cm³/mol. The lowest BCUT2D eigenvalue weighted by molar-refractivity contribution is 0.394. The van der Waals surface area contributed by atoms with E-state index in [1.165, 1.54) is 23.5 Å². The van der Waals surface area contributed by atoms with Crippen molar-refractivity contribution in [1.29, 1.82) is 0 Å². The summed E-state index contributed by atoms with van der Waals surface area (Å²) in [6.45, 7) is 0. The Balaban J connectivity index is 1.84. The summed E-state index contributed by atoms with van der Waals surface area (Å²) >= 11 is 1.34. The molecule has 8 heteroatoms. The maximum absolute atomic E-state index is 13.5. The Bertz CT molecular complexity index is 1040. The summed E-state index contributed by atoms with van der Waals surface area (Å²) in [5.74, 6) is 1.55. The van der Waals surface area contributed by atoms with Crippen LogP contribution in [0.3, 0.4) is 0 Å². The van der Waals surface area contributed by atoms with Crippen LogP contribution in [0.5, 0.6) is 11.5 Å². The highest BCUT2D eigenvalue weighted by atomic mass is 32.1. The third-order valence-corrected chi connectivity index (χ3v) is 4.62. The molecule has 2 aromatic carbocycles. The Morgan fingerprint density at radius 3 is 2.40 bits per heavy atom. The number of aromatic nitrogens is 4. The lowest BCUT2D eigenvalue weighted by Crippen LogP contribution is -1.94. The van der Waals surface area contributed by atoms with Gasteiger partial charge in [0.25, 0.3) is 0 Å². The van der Waals surface area contributed by atoms with Crippen LogP contribution in [0.25, 0.3) is 26.9 Å². The summed E-state index contributed by atoms with van der Waals surface area (Å²) in [5, 5.41) is 13.6. The third kappa shape index (κ3) is 2.80. The summed E-state index contributed by atoms with van der Waals surface area (Å²) in [6.07, 6.45) is 0. The Morgan fingerprint density at radius 2 is 1.72 bits per heavy atom. The van der Waals surface area contributed by atoms with Crippen molar-refractivity contribution >= 4 is 16.3 Å². The molecule has 2 heterocycles. The zero-order valence-corrected chi connectivity index (χ0v) is 14.2. The summed E-state index contributed by atoms with van der Waals surface area (Å²) in [7, 11) is 3.17. The summed E-state index contributed by atoms with van der Waals surface area (Å²) in [4.78, 5) is 0.621. The van der Waals surface area contributed by atoms with Gasteiger partial charge >= 0.3 is 0 Å². The second kappa shape index (κ2) is 6.14. The standard InChI is InChI=1S/C17H13FN4O2S/c1-23-13-7-11(8-14(9-13)24-2)15-19-20-17-22(15)21-16(25-17)10-4-3-5-12(18)6-10/h3-9H,1-2H3. The molecule has 0 amide bonds. The van der Waals surface area contributed by atoms with Crippen LogP contribution in [-0.2, 0) is 0 Å². The van der Waals surface area contributed by atoms with Gasteiger partial charge in [-0.1, -0.05) is 23.5 Å². The first-order valence-corrected chi connectivity index (χ1v) is 8.21. The fourth-order valence-electron chi connectivity index (χ4n) is 2.47. The molecule has 0 saturated heterocycles. The number of hydrogen-bond donors (Lipinski definition) is 0. The quantitative estimate of drug-likeness (QED) is 0.558. The van der Waals surface area contributed by atoms with E-state index in [0.717, 1.165) is 5.56 Å². The molecular weight excluding hydrogens is 343 g/mol. The van der Waals surface area contributed by atoms with E-state index < -0.39 is 0 Å². The SMILES string of the molecule is COc1cc(OC)cc(-c2nnc3sc(-c4cccc(F)c4)nn23)c1. The molecule has 2 aromatic heterocycles. The normalized spacial score (nSPS) is 11.0. The van der Waals surface area contributed by atoms with Gasteiger partial charge in [0.15, 0.2) is 5.82 Å². The summed E-state index contributed by atoms with van der Waals surface area (Å²) in [5.41, 5.74) is 1.46. The molecule has 0 fully saturated rings. The van der Waals surface area contributed by atoms with Crippen LogP contribution >= 0.6 is 11.3 Å². The molecule has 25 heavy (non-hydrogen) atoms. The number of rotatable bonds is 4. The summed E-state index contributed by atoms with van der Waals surface area (Å²) < 4.78 is 25.7. The molecule has 0 aliphatic rings. The van der Waals surface area contributed by atoms with Crippen molar-refractivity contribution in [2.45, 2.75) is 0 Å². The molecule has 0 saturated carbocycles. The van der Waals surface area contributed by atoms with Gasteiger partial charge in [-0.15, -0.1) is 10.2 Å². The van der Waals surface area contributed by atoms with E-state index >= 15 is 0 Å². The first-order chi connectivity index (χ1) is 12.2. The highest BCUT2D eigenvalue weighted by molar-refractivity contribution is 7.19. The maximum atomic E-state index is 13.5. The monoisotopic (exact) mass is 356 g/mol. The van der Waals surface area contributed by atoms with E-state index in [1.807, 2.05) is 18.2 Å². The van der Waals surface area contributed by atoms with E-state index in [4.69, 9.17) is 9.47 Å². The molecule has 6 nitrogen and oxygen atoms in total. The molecule has 0 radical (unpaired) electrons. The Labute approximate surface area is 146 Å². The molecule has 0 atom stereocenters. The van der Waals surface area contributed by atoms with Gasteiger partial charge in [-0.3, -0.25) is 0 Å². The first kappa shape index (κ1) is 15.5. The average Bonchev–Trinajstić information content (AvgIpc) is 3.21. The lowest BCUT2D eigenvalue weighted by Gasteiger charge is -2.06. The first-order valence-electron chi connectivity index (χ1n) is 7.39. The van der Waals surface area contributed by atoms with Crippen LogP contribution in [0, 0.1) is 5.82 Å². The number of ether oxygens (including phenoxy) is 2. The van der Waals surface area contributed by atoms with E-state index in [2.05, 4.69) is 15.3 Å². The Hall–Kier alpha value is -3.00. The van der Waals surface area contributed by atoms with Crippen LogP contribution in [-0.4, -0.2) is 34.0 Å². The van der Waals surface area contributed by atoms with E-state index in [9.17, 15) is 4.39 Å². The van der Waals surface area contributed by atoms with E-state index in [1.54, 1.807) is 30.9 Å². The van der Waals surface area contributed by atoms with Crippen molar-refractivity contribution in [2.75, 3.05) is 14.2 Å².